The minimum atomic E-state index is -0.186. The molecule has 1 aliphatic heterocycles. The summed E-state index contributed by atoms with van der Waals surface area (Å²) in [5.74, 6) is -0.0745. The van der Waals surface area contributed by atoms with Crippen LogP contribution < -0.4 is 4.90 Å². The Morgan fingerprint density at radius 2 is 2.09 bits per heavy atom. The van der Waals surface area contributed by atoms with Crippen molar-refractivity contribution in [3.63, 3.8) is 0 Å². The Morgan fingerprint density at radius 1 is 1.32 bits per heavy atom. The average Bonchev–Trinajstić information content (AvgIpc) is 2.94. The topological polar surface area (TPSA) is 24.8 Å². The Morgan fingerprint density at radius 3 is 2.73 bits per heavy atom. The number of nitrogens with zero attached hydrogens (tertiary/aromatic N) is 1. The second kappa shape index (κ2) is 6.89. The first-order valence-electron chi connectivity index (χ1n) is 7.23. The lowest BCUT2D eigenvalue weighted by molar-refractivity contribution is -0.917. The number of quaternary nitrogens is 1. The SMILES string of the molecule is O=C(c1cc(Br)cs1)N1CC[NH+](Cc2cccc(F)c2)CC1. The summed E-state index contributed by atoms with van der Waals surface area (Å²) in [5, 5.41) is 1.93. The van der Waals surface area contributed by atoms with Gasteiger partial charge in [0, 0.05) is 15.4 Å². The summed E-state index contributed by atoms with van der Waals surface area (Å²) in [6, 6.07) is 8.64. The van der Waals surface area contributed by atoms with Crippen LogP contribution in [0.5, 0.6) is 0 Å². The smallest absolute Gasteiger partial charge is 0.264 e. The quantitative estimate of drug-likeness (QED) is 0.863. The number of carbonyl (C=O) groups is 1. The molecule has 6 heteroatoms. The molecule has 1 aliphatic rings. The first kappa shape index (κ1) is 15.6. The average molecular weight is 384 g/mol. The molecular formula is C16H17BrFN2OS+. The van der Waals surface area contributed by atoms with Gasteiger partial charge < -0.3 is 9.80 Å². The molecule has 2 aromatic rings. The zero-order valence-electron chi connectivity index (χ0n) is 12.0. The number of nitrogens with one attached hydrogen (secondary N) is 1. The number of piperazine rings is 1. The Kier molecular flexibility index (Phi) is 4.90. The molecule has 0 bridgehead atoms. The predicted molar refractivity (Wildman–Crippen MR) is 88.7 cm³/mol. The molecular weight excluding hydrogens is 367 g/mol. The zero-order chi connectivity index (χ0) is 15.5. The van der Waals surface area contributed by atoms with Crippen molar-refractivity contribution in [3.05, 3.63) is 56.4 Å². The van der Waals surface area contributed by atoms with E-state index < -0.39 is 0 Å². The van der Waals surface area contributed by atoms with Gasteiger partial charge in [0.2, 0.25) is 0 Å². The number of hydrogen-bond donors (Lipinski definition) is 1. The van der Waals surface area contributed by atoms with Crippen LogP contribution in [0.2, 0.25) is 0 Å². The predicted octanol–water partition coefficient (Wildman–Crippen LogP) is 2.19. The van der Waals surface area contributed by atoms with Gasteiger partial charge >= 0.3 is 0 Å². The maximum atomic E-state index is 13.2. The molecule has 0 saturated carbocycles. The first-order chi connectivity index (χ1) is 10.6. The maximum absolute atomic E-state index is 13.2. The third kappa shape index (κ3) is 3.74. The summed E-state index contributed by atoms with van der Waals surface area (Å²) in [6.07, 6.45) is 0. The Labute approximate surface area is 141 Å². The Hall–Kier alpha value is -1.24. The maximum Gasteiger partial charge on any atom is 0.264 e. The van der Waals surface area contributed by atoms with E-state index in [0.29, 0.717) is 0 Å². The van der Waals surface area contributed by atoms with Gasteiger partial charge in [-0.25, -0.2) is 4.39 Å². The van der Waals surface area contributed by atoms with Crippen LogP contribution >= 0.6 is 27.3 Å². The largest absolute Gasteiger partial charge is 0.328 e. The van der Waals surface area contributed by atoms with Crippen molar-refractivity contribution in [2.45, 2.75) is 6.54 Å². The third-order valence-electron chi connectivity index (χ3n) is 3.88. The molecule has 1 saturated heterocycles. The molecule has 3 rings (SSSR count). The van der Waals surface area contributed by atoms with E-state index in [4.69, 9.17) is 0 Å². The molecule has 1 fully saturated rings. The van der Waals surface area contributed by atoms with E-state index >= 15 is 0 Å². The van der Waals surface area contributed by atoms with Crippen LogP contribution in [0.1, 0.15) is 15.2 Å². The number of benzene rings is 1. The molecule has 1 aromatic carbocycles. The van der Waals surface area contributed by atoms with E-state index in [1.807, 2.05) is 22.4 Å². The van der Waals surface area contributed by atoms with E-state index in [-0.39, 0.29) is 11.7 Å². The van der Waals surface area contributed by atoms with E-state index in [0.717, 1.165) is 47.6 Å². The number of amides is 1. The van der Waals surface area contributed by atoms with Crippen LogP contribution in [0.25, 0.3) is 0 Å². The minimum Gasteiger partial charge on any atom is -0.328 e. The standard InChI is InChI=1S/C16H16BrFN2OS/c17-13-9-15(22-11-13)16(21)20-6-4-19(5-7-20)10-12-2-1-3-14(18)8-12/h1-3,8-9,11H,4-7,10H2/p+1. The van der Waals surface area contributed by atoms with Gasteiger partial charge in [0.1, 0.15) is 12.4 Å². The molecule has 0 atom stereocenters. The van der Waals surface area contributed by atoms with E-state index in [1.54, 1.807) is 12.1 Å². The molecule has 0 radical (unpaired) electrons. The molecule has 0 aliphatic carbocycles. The van der Waals surface area contributed by atoms with Crippen LogP contribution in [-0.2, 0) is 6.54 Å². The number of rotatable bonds is 3. The monoisotopic (exact) mass is 383 g/mol. The molecule has 0 unspecified atom stereocenters. The fourth-order valence-electron chi connectivity index (χ4n) is 2.72. The van der Waals surface area contributed by atoms with Gasteiger partial charge in [-0.05, 0) is 34.1 Å². The van der Waals surface area contributed by atoms with E-state index in [9.17, 15) is 9.18 Å². The van der Waals surface area contributed by atoms with Crippen LogP contribution in [0.4, 0.5) is 4.39 Å². The summed E-state index contributed by atoms with van der Waals surface area (Å²) >= 11 is 4.85. The van der Waals surface area contributed by atoms with Gasteiger partial charge in [-0.2, -0.15) is 0 Å². The molecule has 1 N–H and O–H groups in total. The number of halogens is 2. The van der Waals surface area contributed by atoms with Gasteiger partial charge in [-0.1, -0.05) is 12.1 Å². The van der Waals surface area contributed by atoms with Crippen LogP contribution in [-0.4, -0.2) is 37.0 Å². The van der Waals surface area contributed by atoms with Gasteiger partial charge in [0.15, 0.2) is 0 Å². The van der Waals surface area contributed by atoms with Gasteiger partial charge in [-0.3, -0.25) is 4.79 Å². The molecule has 1 amide bonds. The normalized spacial score (nSPS) is 16.0. The second-order valence-corrected chi connectivity index (χ2v) is 7.30. The minimum absolute atomic E-state index is 0.112. The van der Waals surface area contributed by atoms with Gasteiger partial charge in [0.25, 0.3) is 5.91 Å². The lowest BCUT2D eigenvalue weighted by atomic mass is 10.2. The highest BCUT2D eigenvalue weighted by atomic mass is 79.9. The first-order valence-corrected chi connectivity index (χ1v) is 8.90. The highest BCUT2D eigenvalue weighted by Gasteiger charge is 2.25. The zero-order valence-corrected chi connectivity index (χ0v) is 14.4. The fraction of sp³-hybridized carbons (Fsp3) is 0.312. The van der Waals surface area contributed by atoms with Gasteiger partial charge in [0.05, 0.1) is 31.1 Å². The third-order valence-corrected chi connectivity index (χ3v) is 5.56. The summed E-state index contributed by atoms with van der Waals surface area (Å²) in [6.45, 7) is 4.10. The molecule has 3 nitrogen and oxygen atoms in total. The van der Waals surface area contributed by atoms with Crippen molar-refractivity contribution in [2.24, 2.45) is 0 Å². The van der Waals surface area contributed by atoms with E-state index in [1.165, 1.54) is 22.3 Å². The highest BCUT2D eigenvalue weighted by molar-refractivity contribution is 9.10. The summed E-state index contributed by atoms with van der Waals surface area (Å²) in [5.41, 5.74) is 1.01. The van der Waals surface area contributed by atoms with Crippen molar-refractivity contribution in [1.82, 2.24) is 4.90 Å². The van der Waals surface area contributed by atoms with E-state index in [2.05, 4.69) is 15.9 Å². The van der Waals surface area contributed by atoms with Crippen molar-refractivity contribution in [3.8, 4) is 0 Å². The Balaban J connectivity index is 1.55. The fourth-order valence-corrected chi connectivity index (χ4v) is 4.11. The van der Waals surface area contributed by atoms with Gasteiger partial charge in [-0.15, -0.1) is 11.3 Å². The van der Waals surface area contributed by atoms with Crippen molar-refractivity contribution >= 4 is 33.2 Å². The highest BCUT2D eigenvalue weighted by Crippen LogP contribution is 2.21. The van der Waals surface area contributed by atoms with Crippen molar-refractivity contribution < 1.29 is 14.1 Å². The second-order valence-electron chi connectivity index (χ2n) is 5.48. The number of carbonyl (C=O) groups excluding carboxylic acids is 1. The summed E-state index contributed by atoms with van der Waals surface area (Å²) in [4.78, 5) is 16.5. The molecule has 22 heavy (non-hydrogen) atoms. The lowest BCUT2D eigenvalue weighted by Crippen LogP contribution is -3.13. The molecule has 2 heterocycles. The molecule has 1 aromatic heterocycles. The number of thiophene rings is 1. The molecule has 116 valence electrons. The van der Waals surface area contributed by atoms with Crippen LogP contribution in [0.3, 0.4) is 0 Å². The van der Waals surface area contributed by atoms with Crippen molar-refractivity contribution in [2.75, 3.05) is 26.2 Å². The molecule has 0 spiro atoms. The summed E-state index contributed by atoms with van der Waals surface area (Å²) < 4.78 is 14.2. The summed E-state index contributed by atoms with van der Waals surface area (Å²) in [7, 11) is 0. The van der Waals surface area contributed by atoms with Crippen molar-refractivity contribution in [1.29, 1.82) is 0 Å². The van der Waals surface area contributed by atoms with Crippen LogP contribution in [0, 0.1) is 5.82 Å². The lowest BCUT2D eigenvalue weighted by Gasteiger charge is -2.32. The van der Waals surface area contributed by atoms with Crippen LogP contribution in [0.15, 0.2) is 40.2 Å². The Bertz CT molecular complexity index is 668. The number of hydrogen-bond acceptors (Lipinski definition) is 2.